The first-order chi connectivity index (χ1) is 14.6. The van der Waals surface area contributed by atoms with Gasteiger partial charge in [0.1, 0.15) is 0 Å². The van der Waals surface area contributed by atoms with Gasteiger partial charge < -0.3 is 0 Å². The van der Waals surface area contributed by atoms with E-state index in [0.29, 0.717) is 9.54 Å². The van der Waals surface area contributed by atoms with Gasteiger partial charge in [-0.05, 0) is 0 Å². The number of fused-ring (bicyclic) bond motifs is 1. The maximum absolute atomic E-state index is 2.72. The number of benzene rings is 2. The van der Waals surface area contributed by atoms with Crippen molar-refractivity contribution < 1.29 is 20.4 Å². The Labute approximate surface area is 197 Å². The Morgan fingerprint density at radius 1 is 0.839 bits per heavy atom. The van der Waals surface area contributed by atoms with Gasteiger partial charge in [-0.2, -0.15) is 0 Å². The van der Waals surface area contributed by atoms with Crippen LogP contribution in [0.4, 0.5) is 0 Å². The molecule has 0 radical (unpaired) electrons. The average Bonchev–Trinajstić information content (AvgIpc) is 3.15. The molecule has 0 amide bonds. The summed E-state index contributed by atoms with van der Waals surface area (Å²) in [6.45, 7) is 21.6. The van der Waals surface area contributed by atoms with Crippen LogP contribution in [0.1, 0.15) is 64.7 Å². The number of allylic oxidation sites excluding steroid dienone is 5. The van der Waals surface area contributed by atoms with Gasteiger partial charge in [-0.1, -0.05) is 0 Å². The molecule has 4 rings (SSSR count). The Balaban J connectivity index is 1.95. The SMILES string of the molecule is CC1=C(C)C(C)[C]([Zr]([CH]2C=C(c3c(C)cc(C)cc3C)c3ccccc32)=[Si](C)C)=C1C. The monoisotopic (exact) mass is 502 g/mol. The summed E-state index contributed by atoms with van der Waals surface area (Å²) < 4.78 is 2.58. The summed E-state index contributed by atoms with van der Waals surface area (Å²) in [5.74, 6) is 0.654. The molecule has 2 aliphatic rings. The molecule has 0 bridgehead atoms. The average molecular weight is 504 g/mol. The van der Waals surface area contributed by atoms with Crippen LogP contribution < -0.4 is 0 Å². The minimum absolute atomic E-state index is 0.356. The van der Waals surface area contributed by atoms with Gasteiger partial charge >= 0.3 is 198 Å². The second-order valence-corrected chi connectivity index (χ2v) is 27.3. The number of hydrogen-bond donors (Lipinski definition) is 0. The molecule has 0 saturated heterocycles. The number of rotatable bonds is 3. The van der Waals surface area contributed by atoms with Crippen molar-refractivity contribution >= 4 is 11.0 Å². The molecule has 0 nitrogen and oxygen atoms in total. The van der Waals surface area contributed by atoms with Crippen LogP contribution >= 0.6 is 0 Å². The maximum atomic E-state index is 2.72. The van der Waals surface area contributed by atoms with Gasteiger partial charge in [-0.15, -0.1) is 0 Å². The zero-order valence-electron chi connectivity index (χ0n) is 20.7. The van der Waals surface area contributed by atoms with Crippen LogP contribution in [0.2, 0.25) is 13.1 Å². The molecular weight excluding hydrogens is 468 g/mol. The molecule has 0 heterocycles. The van der Waals surface area contributed by atoms with Gasteiger partial charge in [-0.3, -0.25) is 0 Å². The third kappa shape index (κ3) is 3.79. The van der Waals surface area contributed by atoms with Gasteiger partial charge in [0.2, 0.25) is 0 Å². The van der Waals surface area contributed by atoms with Gasteiger partial charge in [-0.25, -0.2) is 0 Å². The Morgan fingerprint density at radius 3 is 2.00 bits per heavy atom. The summed E-state index contributed by atoms with van der Waals surface area (Å²) >= 11 is -1.93. The van der Waals surface area contributed by atoms with E-state index in [1.165, 1.54) is 33.4 Å². The molecule has 31 heavy (non-hydrogen) atoms. The van der Waals surface area contributed by atoms with E-state index >= 15 is 0 Å². The van der Waals surface area contributed by atoms with E-state index in [-0.39, 0.29) is 5.43 Å². The molecule has 2 aromatic rings. The molecule has 2 heteroatoms. The van der Waals surface area contributed by atoms with E-state index < -0.39 is 20.4 Å². The van der Waals surface area contributed by atoms with Crippen LogP contribution in [0.3, 0.4) is 0 Å². The Kier molecular flexibility index (Phi) is 6.36. The third-order valence-electron chi connectivity index (χ3n) is 7.65. The molecule has 0 N–H and O–H groups in total. The van der Waals surface area contributed by atoms with Crippen LogP contribution in [0.15, 0.2) is 62.5 Å². The van der Waals surface area contributed by atoms with Crippen molar-refractivity contribution in [2.24, 2.45) is 5.92 Å². The van der Waals surface area contributed by atoms with E-state index in [4.69, 9.17) is 0 Å². The first kappa shape index (κ1) is 22.9. The van der Waals surface area contributed by atoms with Crippen molar-refractivity contribution in [3.05, 3.63) is 95.9 Å². The van der Waals surface area contributed by atoms with Crippen LogP contribution in [0.5, 0.6) is 0 Å². The Hall–Kier alpha value is -1.24. The number of aryl methyl sites for hydroxylation is 3. The standard InChI is InChI=1S/C18H17.C9H13.C2H6Si.Zr/c1-12-10-13(2)18(14(3)11-12)17-9-8-15-6-4-5-7-16(15)17;1-6-5-7(2)9(4)8(6)3;1-3-2;/h4-11H,1-3H3;6H,1-4H3;1-2H3;. The first-order valence-corrected chi connectivity index (χ1v) is 20.4. The van der Waals surface area contributed by atoms with Crippen LogP contribution in [-0.4, -0.2) is 5.43 Å². The summed E-state index contributed by atoms with van der Waals surface area (Å²) in [4.78, 5) is 0. The van der Waals surface area contributed by atoms with Crippen molar-refractivity contribution in [2.45, 2.75) is 65.2 Å². The normalized spacial score (nSPS) is 20.4. The quantitative estimate of drug-likeness (QED) is 0.370. The summed E-state index contributed by atoms with van der Waals surface area (Å²) in [6, 6.07) is 14.0. The second kappa shape index (κ2) is 8.60. The summed E-state index contributed by atoms with van der Waals surface area (Å²) in [6.07, 6.45) is 2.72. The van der Waals surface area contributed by atoms with E-state index in [1.54, 1.807) is 22.3 Å². The second-order valence-electron chi connectivity index (χ2n) is 9.90. The molecule has 0 saturated carbocycles. The minimum atomic E-state index is -1.93. The fraction of sp³-hybridized carbons (Fsp3) is 0.379. The topological polar surface area (TPSA) is 0 Å². The first-order valence-electron chi connectivity index (χ1n) is 11.6. The zero-order chi connectivity index (χ0) is 22.6. The molecule has 2 atom stereocenters. The van der Waals surface area contributed by atoms with Crippen LogP contribution in [0.25, 0.3) is 5.57 Å². The Bertz CT molecular complexity index is 1190. The molecule has 160 valence electrons. The Morgan fingerprint density at radius 2 is 1.45 bits per heavy atom. The summed E-state index contributed by atoms with van der Waals surface area (Å²) in [5.41, 5.74) is 14.8. The summed E-state index contributed by atoms with van der Waals surface area (Å²) in [7, 11) is 0. The van der Waals surface area contributed by atoms with Gasteiger partial charge in [0, 0.05) is 0 Å². The van der Waals surface area contributed by atoms with E-state index in [1.807, 2.05) is 3.28 Å². The molecule has 0 fully saturated rings. The van der Waals surface area contributed by atoms with Crippen LogP contribution in [-0.2, 0) is 20.4 Å². The van der Waals surface area contributed by atoms with Crippen molar-refractivity contribution in [1.29, 1.82) is 0 Å². The van der Waals surface area contributed by atoms with E-state index in [2.05, 4.69) is 104 Å². The van der Waals surface area contributed by atoms with Crippen molar-refractivity contribution in [3.63, 3.8) is 0 Å². The van der Waals surface area contributed by atoms with Gasteiger partial charge in [0.05, 0.1) is 0 Å². The van der Waals surface area contributed by atoms with Gasteiger partial charge in [0.15, 0.2) is 0 Å². The fourth-order valence-corrected chi connectivity index (χ4v) is 25.7. The third-order valence-corrected chi connectivity index (χ3v) is 26.2. The van der Waals surface area contributed by atoms with Crippen molar-refractivity contribution in [2.75, 3.05) is 0 Å². The number of hydrogen-bond acceptors (Lipinski definition) is 0. The van der Waals surface area contributed by atoms with E-state index in [9.17, 15) is 0 Å². The molecule has 0 aromatic heterocycles. The van der Waals surface area contributed by atoms with Crippen LogP contribution in [0, 0.1) is 26.7 Å². The predicted octanol–water partition coefficient (Wildman–Crippen LogP) is 8.23. The van der Waals surface area contributed by atoms with Crippen molar-refractivity contribution in [1.82, 2.24) is 0 Å². The molecule has 0 spiro atoms. The zero-order valence-corrected chi connectivity index (χ0v) is 24.2. The fourth-order valence-electron chi connectivity index (χ4n) is 5.97. The summed E-state index contributed by atoms with van der Waals surface area (Å²) in [5, 5.41) is 0. The predicted molar refractivity (Wildman–Crippen MR) is 135 cm³/mol. The van der Waals surface area contributed by atoms with Gasteiger partial charge in [0.25, 0.3) is 0 Å². The van der Waals surface area contributed by atoms with Crippen molar-refractivity contribution in [3.8, 4) is 0 Å². The molecule has 2 aliphatic carbocycles. The van der Waals surface area contributed by atoms with E-state index in [0.717, 1.165) is 0 Å². The molecular formula is C29H36SiZr. The molecule has 2 unspecified atom stereocenters. The molecule has 2 aromatic carbocycles. The molecule has 0 aliphatic heterocycles.